The van der Waals surface area contributed by atoms with E-state index < -0.39 is 11.7 Å². The third kappa shape index (κ3) is 5.28. The van der Waals surface area contributed by atoms with Crippen LogP contribution in [0.25, 0.3) is 108 Å². The van der Waals surface area contributed by atoms with Crippen LogP contribution in [0.15, 0.2) is 188 Å². The van der Waals surface area contributed by atoms with Crippen LogP contribution >= 0.6 is 11.3 Å². The molecule has 11 aromatic rings. The highest BCUT2D eigenvalue weighted by atomic mass is 32.1. The lowest BCUT2D eigenvalue weighted by Crippen LogP contribution is -2.04. The molecule has 0 spiro atoms. The minimum atomic E-state index is -4.40. The number of halogens is 3. The first-order chi connectivity index (χ1) is 27.9. The molecule has 0 fully saturated rings. The summed E-state index contributed by atoms with van der Waals surface area (Å²) in [6, 6.07) is 63.9. The molecule has 57 heavy (non-hydrogen) atoms. The molecule has 11 rings (SSSR count). The van der Waals surface area contributed by atoms with Gasteiger partial charge in [-0.25, -0.2) is 0 Å². The van der Waals surface area contributed by atoms with E-state index in [0.717, 1.165) is 43.8 Å². The number of hydrogen-bond donors (Lipinski definition) is 0. The van der Waals surface area contributed by atoms with E-state index in [1.54, 1.807) is 12.1 Å². The number of benzene rings is 10. The van der Waals surface area contributed by atoms with Gasteiger partial charge in [-0.3, -0.25) is 0 Å². The Bertz CT molecular complexity index is 3260. The third-order valence-electron chi connectivity index (χ3n) is 11.5. The van der Waals surface area contributed by atoms with Gasteiger partial charge in [0.1, 0.15) is 0 Å². The maximum atomic E-state index is 13.6. The number of hydrogen-bond acceptors (Lipinski definition) is 1. The molecular weight excluding hydrogens is 726 g/mol. The monoisotopic (exact) mass is 756 g/mol. The van der Waals surface area contributed by atoms with Crippen LogP contribution < -0.4 is 0 Å². The summed E-state index contributed by atoms with van der Waals surface area (Å²) in [6.07, 6.45) is -4.40. The molecule has 0 amide bonds. The van der Waals surface area contributed by atoms with Crippen LogP contribution in [0.3, 0.4) is 0 Å². The van der Waals surface area contributed by atoms with Crippen molar-refractivity contribution in [3.05, 3.63) is 194 Å². The lowest BCUT2D eigenvalue weighted by Gasteiger charge is -2.19. The molecular formula is C53H31F3S. The van der Waals surface area contributed by atoms with Gasteiger partial charge in [-0.05, 0) is 112 Å². The molecule has 1 heterocycles. The summed E-state index contributed by atoms with van der Waals surface area (Å²) in [5.41, 5.74) is 8.17. The minimum Gasteiger partial charge on any atom is -0.166 e. The van der Waals surface area contributed by atoms with Crippen molar-refractivity contribution in [2.45, 2.75) is 6.18 Å². The molecule has 0 aliphatic carbocycles. The molecule has 10 aromatic carbocycles. The minimum absolute atomic E-state index is 0.652. The van der Waals surface area contributed by atoms with Gasteiger partial charge in [-0.15, -0.1) is 11.3 Å². The molecule has 0 aliphatic rings. The smallest absolute Gasteiger partial charge is 0.166 e. The summed E-state index contributed by atoms with van der Waals surface area (Å²) in [6.45, 7) is 0. The number of alkyl halides is 3. The van der Waals surface area contributed by atoms with Gasteiger partial charge < -0.3 is 0 Å². The van der Waals surface area contributed by atoms with Crippen LogP contribution in [0.5, 0.6) is 0 Å². The van der Waals surface area contributed by atoms with Gasteiger partial charge in [0.2, 0.25) is 0 Å². The second kappa shape index (κ2) is 12.9. The molecule has 0 nitrogen and oxygen atoms in total. The van der Waals surface area contributed by atoms with Crippen LogP contribution in [0.2, 0.25) is 0 Å². The summed E-state index contributed by atoms with van der Waals surface area (Å²) >= 11 is 1.81. The Hall–Kier alpha value is -6.75. The molecule has 4 heteroatoms. The summed E-state index contributed by atoms with van der Waals surface area (Å²) < 4.78 is 43.2. The highest BCUT2D eigenvalue weighted by Crippen LogP contribution is 2.50. The molecule has 0 saturated heterocycles. The van der Waals surface area contributed by atoms with E-state index in [4.69, 9.17) is 0 Å². The Morgan fingerprint density at radius 1 is 0.316 bits per heavy atom. The second-order valence-corrected chi connectivity index (χ2v) is 15.7. The molecule has 0 radical (unpaired) electrons. The summed E-state index contributed by atoms with van der Waals surface area (Å²) in [7, 11) is 0. The van der Waals surface area contributed by atoms with Gasteiger partial charge in [-0.2, -0.15) is 13.2 Å². The Labute approximate surface area is 330 Å². The average Bonchev–Trinajstić information content (AvgIpc) is 3.63. The second-order valence-electron chi connectivity index (χ2n) is 14.6. The predicted octanol–water partition coefficient (Wildman–Crippen LogP) is 16.4. The Morgan fingerprint density at radius 3 is 1.23 bits per heavy atom. The zero-order valence-corrected chi connectivity index (χ0v) is 31.3. The van der Waals surface area contributed by atoms with Crippen molar-refractivity contribution in [1.82, 2.24) is 0 Å². The van der Waals surface area contributed by atoms with Crippen molar-refractivity contribution in [2.75, 3.05) is 0 Å². The first kappa shape index (κ1) is 33.6. The van der Waals surface area contributed by atoms with E-state index in [1.807, 2.05) is 35.6 Å². The number of rotatable bonds is 4. The van der Waals surface area contributed by atoms with E-state index in [1.165, 1.54) is 76.1 Å². The Morgan fingerprint density at radius 2 is 0.737 bits per heavy atom. The van der Waals surface area contributed by atoms with E-state index >= 15 is 0 Å². The highest BCUT2D eigenvalue weighted by Gasteiger charge is 2.30. The standard InChI is InChI=1S/C53H31F3S/c54-53(55,56)35-28-25-33(26-29-35)49-40-19-8-10-21-42(40)51(43-22-11-9-20-41(43)49)45-23-12-24-46-52(45)44-30-27-34(31-47(44)57-46)50-38-17-6-4-15-36(38)48(32-13-2-1-3-14-32)37-16-5-7-18-39(37)50/h1-31H. The molecule has 0 bridgehead atoms. The fourth-order valence-corrected chi connectivity index (χ4v) is 10.3. The van der Waals surface area contributed by atoms with Gasteiger partial charge in [0.25, 0.3) is 0 Å². The van der Waals surface area contributed by atoms with Crippen molar-refractivity contribution in [2.24, 2.45) is 0 Å². The van der Waals surface area contributed by atoms with Gasteiger partial charge >= 0.3 is 6.18 Å². The first-order valence-electron chi connectivity index (χ1n) is 19.0. The lowest BCUT2D eigenvalue weighted by atomic mass is 9.84. The molecule has 270 valence electrons. The fraction of sp³-hybridized carbons (Fsp3) is 0.0189. The fourth-order valence-electron chi connectivity index (χ4n) is 9.10. The van der Waals surface area contributed by atoms with Crippen LogP contribution in [0, 0.1) is 0 Å². The summed E-state index contributed by atoms with van der Waals surface area (Å²) in [4.78, 5) is 0. The zero-order valence-electron chi connectivity index (χ0n) is 30.4. The molecule has 1 aromatic heterocycles. The van der Waals surface area contributed by atoms with Crippen LogP contribution in [-0.2, 0) is 6.18 Å². The van der Waals surface area contributed by atoms with Gasteiger partial charge in [0.05, 0.1) is 5.56 Å². The van der Waals surface area contributed by atoms with Crippen LogP contribution in [0.1, 0.15) is 5.56 Å². The molecule has 0 unspecified atom stereocenters. The zero-order chi connectivity index (χ0) is 38.3. The molecule has 0 saturated carbocycles. The highest BCUT2D eigenvalue weighted by molar-refractivity contribution is 7.26. The maximum absolute atomic E-state index is 13.6. The molecule has 0 N–H and O–H groups in total. The predicted molar refractivity (Wildman–Crippen MR) is 236 cm³/mol. The molecule has 0 atom stereocenters. The lowest BCUT2D eigenvalue weighted by molar-refractivity contribution is -0.137. The van der Waals surface area contributed by atoms with E-state index in [-0.39, 0.29) is 0 Å². The Balaban J connectivity index is 1.15. The average molecular weight is 757 g/mol. The van der Waals surface area contributed by atoms with E-state index in [9.17, 15) is 13.2 Å². The van der Waals surface area contributed by atoms with Crippen molar-refractivity contribution in [1.29, 1.82) is 0 Å². The SMILES string of the molecule is FC(F)(F)c1ccc(-c2c3ccccc3c(-c3cccc4sc5cc(-c6c7ccccc7c(-c7ccccc7)c7ccccc67)ccc5c34)c3ccccc23)cc1. The first-order valence-corrected chi connectivity index (χ1v) is 19.8. The van der Waals surface area contributed by atoms with Gasteiger partial charge in [-0.1, -0.05) is 164 Å². The van der Waals surface area contributed by atoms with Gasteiger partial charge in [0, 0.05) is 20.2 Å². The third-order valence-corrected chi connectivity index (χ3v) is 12.6. The van der Waals surface area contributed by atoms with Crippen LogP contribution in [0.4, 0.5) is 13.2 Å². The van der Waals surface area contributed by atoms with Crippen molar-refractivity contribution < 1.29 is 13.2 Å². The van der Waals surface area contributed by atoms with Crippen LogP contribution in [-0.4, -0.2) is 0 Å². The summed E-state index contributed by atoms with van der Waals surface area (Å²) in [5.74, 6) is 0. The molecule has 0 aliphatic heterocycles. The number of fused-ring (bicyclic) bond motifs is 7. The number of thiophene rings is 1. The van der Waals surface area contributed by atoms with Crippen molar-refractivity contribution >= 4 is 74.6 Å². The maximum Gasteiger partial charge on any atom is 0.416 e. The quantitative estimate of drug-likeness (QED) is 0.157. The normalized spacial score (nSPS) is 12.1. The van der Waals surface area contributed by atoms with Gasteiger partial charge in [0.15, 0.2) is 0 Å². The Kier molecular flexibility index (Phi) is 7.60. The summed E-state index contributed by atoms with van der Waals surface area (Å²) in [5, 5.41) is 11.4. The largest absolute Gasteiger partial charge is 0.416 e. The topological polar surface area (TPSA) is 0 Å². The van der Waals surface area contributed by atoms with Crippen molar-refractivity contribution in [3.63, 3.8) is 0 Å². The van der Waals surface area contributed by atoms with Crippen molar-refractivity contribution in [3.8, 4) is 44.5 Å². The van der Waals surface area contributed by atoms with E-state index in [2.05, 4.69) is 140 Å². The van der Waals surface area contributed by atoms with E-state index in [0.29, 0.717) is 0 Å².